The SMILES string of the molecule is CCCCN1CCn2nc(CNC(=O)NC(C)Cc3ccccn3)cc2C1. The van der Waals surface area contributed by atoms with Gasteiger partial charge in [0.2, 0.25) is 0 Å². The summed E-state index contributed by atoms with van der Waals surface area (Å²) in [5, 5.41) is 10.5. The molecule has 2 aromatic heterocycles. The van der Waals surface area contributed by atoms with E-state index in [1.165, 1.54) is 18.5 Å². The van der Waals surface area contributed by atoms with Gasteiger partial charge in [-0.3, -0.25) is 14.6 Å². The van der Waals surface area contributed by atoms with Crippen LogP contribution in [0.4, 0.5) is 4.79 Å². The largest absolute Gasteiger partial charge is 0.335 e. The lowest BCUT2D eigenvalue weighted by Crippen LogP contribution is -2.41. The van der Waals surface area contributed by atoms with Crippen LogP contribution in [0.25, 0.3) is 0 Å². The van der Waals surface area contributed by atoms with Crippen LogP contribution in [0.15, 0.2) is 30.5 Å². The average molecular weight is 371 g/mol. The highest BCUT2D eigenvalue weighted by Crippen LogP contribution is 2.14. The summed E-state index contributed by atoms with van der Waals surface area (Å²) < 4.78 is 2.07. The molecule has 1 aliphatic heterocycles. The first kappa shape index (κ1) is 19.4. The number of hydrogen-bond donors (Lipinski definition) is 2. The lowest BCUT2D eigenvalue weighted by Gasteiger charge is -2.27. The molecule has 3 rings (SSSR count). The quantitative estimate of drug-likeness (QED) is 0.748. The zero-order valence-electron chi connectivity index (χ0n) is 16.3. The number of hydrogen-bond acceptors (Lipinski definition) is 4. The summed E-state index contributed by atoms with van der Waals surface area (Å²) in [5.74, 6) is 0. The van der Waals surface area contributed by atoms with Gasteiger partial charge in [-0.1, -0.05) is 19.4 Å². The molecule has 27 heavy (non-hydrogen) atoms. The van der Waals surface area contributed by atoms with Crippen molar-refractivity contribution in [1.29, 1.82) is 0 Å². The molecule has 3 heterocycles. The second-order valence-corrected chi connectivity index (χ2v) is 7.23. The monoisotopic (exact) mass is 370 g/mol. The van der Waals surface area contributed by atoms with Crippen LogP contribution in [0.1, 0.15) is 43.8 Å². The van der Waals surface area contributed by atoms with Crippen LogP contribution in [0.3, 0.4) is 0 Å². The number of nitrogens with one attached hydrogen (secondary N) is 2. The van der Waals surface area contributed by atoms with Crippen molar-refractivity contribution < 1.29 is 4.79 Å². The van der Waals surface area contributed by atoms with E-state index < -0.39 is 0 Å². The summed E-state index contributed by atoms with van der Waals surface area (Å²) in [6.07, 6.45) is 4.94. The van der Waals surface area contributed by atoms with Crippen LogP contribution < -0.4 is 10.6 Å². The molecule has 0 fully saturated rings. The van der Waals surface area contributed by atoms with Crippen molar-refractivity contribution in [3.8, 4) is 0 Å². The van der Waals surface area contributed by atoms with E-state index in [4.69, 9.17) is 0 Å². The normalized spacial score (nSPS) is 15.2. The standard InChI is InChI=1S/C20H30N6O/c1-3-4-9-25-10-11-26-19(15-25)13-18(24-26)14-22-20(27)23-16(2)12-17-7-5-6-8-21-17/h5-8,13,16H,3-4,9-12,14-15H2,1-2H3,(H2,22,23,27). The van der Waals surface area contributed by atoms with Crippen molar-refractivity contribution in [3.63, 3.8) is 0 Å². The highest BCUT2D eigenvalue weighted by molar-refractivity contribution is 5.74. The van der Waals surface area contributed by atoms with Gasteiger partial charge >= 0.3 is 6.03 Å². The van der Waals surface area contributed by atoms with Crippen LogP contribution >= 0.6 is 0 Å². The van der Waals surface area contributed by atoms with Gasteiger partial charge in [0.05, 0.1) is 24.5 Å². The Kier molecular flexibility index (Phi) is 6.81. The molecular weight excluding hydrogens is 340 g/mol. The molecule has 7 heteroatoms. The van der Waals surface area contributed by atoms with Crippen LogP contribution in [-0.4, -0.2) is 44.8 Å². The fourth-order valence-electron chi connectivity index (χ4n) is 3.37. The van der Waals surface area contributed by atoms with E-state index in [-0.39, 0.29) is 12.1 Å². The number of carbonyl (C=O) groups is 1. The van der Waals surface area contributed by atoms with Crippen LogP contribution in [-0.2, 0) is 26.1 Å². The molecule has 2 N–H and O–H groups in total. The second-order valence-electron chi connectivity index (χ2n) is 7.23. The molecule has 0 saturated heterocycles. The average Bonchev–Trinajstić information content (AvgIpc) is 3.07. The van der Waals surface area contributed by atoms with Crippen molar-refractivity contribution in [2.75, 3.05) is 13.1 Å². The van der Waals surface area contributed by atoms with E-state index in [1.54, 1.807) is 6.20 Å². The van der Waals surface area contributed by atoms with Crippen molar-refractivity contribution in [2.45, 2.75) is 58.8 Å². The first-order valence-corrected chi connectivity index (χ1v) is 9.86. The van der Waals surface area contributed by atoms with Gasteiger partial charge in [0.15, 0.2) is 0 Å². The Morgan fingerprint density at radius 3 is 2.96 bits per heavy atom. The number of fused-ring (bicyclic) bond motifs is 1. The number of pyridine rings is 1. The van der Waals surface area contributed by atoms with E-state index in [1.807, 2.05) is 25.1 Å². The molecule has 1 atom stereocenters. The molecule has 2 aromatic rings. The molecule has 0 bridgehead atoms. The molecule has 0 aromatic carbocycles. The predicted octanol–water partition coefficient (Wildman–Crippen LogP) is 2.32. The summed E-state index contributed by atoms with van der Waals surface area (Å²) in [7, 11) is 0. The third kappa shape index (κ3) is 5.79. The molecule has 0 aliphatic carbocycles. The number of urea groups is 1. The minimum absolute atomic E-state index is 0.0159. The number of unbranched alkanes of at least 4 members (excludes halogenated alkanes) is 1. The van der Waals surface area contributed by atoms with E-state index in [9.17, 15) is 4.79 Å². The Morgan fingerprint density at radius 2 is 2.19 bits per heavy atom. The Bertz CT molecular complexity index is 729. The Balaban J connectivity index is 1.43. The van der Waals surface area contributed by atoms with Gasteiger partial charge in [-0.15, -0.1) is 0 Å². The first-order chi connectivity index (χ1) is 13.1. The Hall–Kier alpha value is -2.41. The van der Waals surface area contributed by atoms with Gasteiger partial charge in [0, 0.05) is 37.4 Å². The summed E-state index contributed by atoms with van der Waals surface area (Å²) in [4.78, 5) is 18.9. The summed E-state index contributed by atoms with van der Waals surface area (Å²) in [5.41, 5.74) is 3.12. The first-order valence-electron chi connectivity index (χ1n) is 9.86. The molecule has 0 radical (unpaired) electrons. The van der Waals surface area contributed by atoms with Crippen LogP contribution in [0, 0.1) is 0 Å². The minimum Gasteiger partial charge on any atom is -0.335 e. The van der Waals surface area contributed by atoms with Crippen molar-refractivity contribution >= 4 is 6.03 Å². The Morgan fingerprint density at radius 1 is 1.30 bits per heavy atom. The highest BCUT2D eigenvalue weighted by Gasteiger charge is 2.18. The third-order valence-corrected chi connectivity index (χ3v) is 4.80. The summed E-state index contributed by atoms with van der Waals surface area (Å²) in [6.45, 7) is 8.71. The summed E-state index contributed by atoms with van der Waals surface area (Å²) in [6, 6.07) is 7.77. The molecule has 0 spiro atoms. The fourth-order valence-corrected chi connectivity index (χ4v) is 3.37. The number of rotatable bonds is 8. The maximum absolute atomic E-state index is 12.1. The molecular formula is C20H30N6O. The molecule has 1 aliphatic rings. The Labute approximate surface area is 161 Å². The van der Waals surface area contributed by atoms with Gasteiger partial charge in [-0.2, -0.15) is 5.10 Å². The van der Waals surface area contributed by atoms with Crippen LogP contribution in [0.2, 0.25) is 0 Å². The van der Waals surface area contributed by atoms with Crippen molar-refractivity contribution in [2.24, 2.45) is 0 Å². The van der Waals surface area contributed by atoms with Crippen molar-refractivity contribution in [3.05, 3.63) is 47.5 Å². The van der Waals surface area contributed by atoms with E-state index in [0.29, 0.717) is 13.0 Å². The predicted molar refractivity (Wildman–Crippen MR) is 105 cm³/mol. The highest BCUT2D eigenvalue weighted by atomic mass is 16.2. The smallest absolute Gasteiger partial charge is 0.315 e. The van der Waals surface area contributed by atoms with Gasteiger partial charge < -0.3 is 10.6 Å². The van der Waals surface area contributed by atoms with Crippen molar-refractivity contribution in [1.82, 2.24) is 30.3 Å². The molecule has 7 nitrogen and oxygen atoms in total. The number of aromatic nitrogens is 3. The zero-order valence-corrected chi connectivity index (χ0v) is 16.3. The summed E-state index contributed by atoms with van der Waals surface area (Å²) >= 11 is 0. The van der Waals surface area contributed by atoms with E-state index in [2.05, 4.69) is 43.3 Å². The second kappa shape index (κ2) is 9.50. The van der Waals surface area contributed by atoms with E-state index in [0.717, 1.165) is 37.6 Å². The maximum Gasteiger partial charge on any atom is 0.315 e. The van der Waals surface area contributed by atoms with E-state index >= 15 is 0 Å². The number of amides is 2. The fraction of sp³-hybridized carbons (Fsp3) is 0.550. The molecule has 146 valence electrons. The lowest BCUT2D eigenvalue weighted by molar-refractivity contribution is 0.210. The molecule has 2 amide bonds. The third-order valence-electron chi connectivity index (χ3n) is 4.80. The zero-order chi connectivity index (χ0) is 19.1. The number of nitrogens with zero attached hydrogens (tertiary/aromatic N) is 4. The number of carbonyl (C=O) groups excluding carboxylic acids is 1. The van der Waals surface area contributed by atoms with Gasteiger partial charge in [0.1, 0.15) is 0 Å². The lowest BCUT2D eigenvalue weighted by atomic mass is 10.2. The topological polar surface area (TPSA) is 75.1 Å². The van der Waals surface area contributed by atoms with Gasteiger partial charge in [0.25, 0.3) is 0 Å². The van der Waals surface area contributed by atoms with Gasteiger partial charge in [-0.05, 0) is 38.1 Å². The molecule has 0 saturated carbocycles. The molecule has 1 unspecified atom stereocenters. The maximum atomic E-state index is 12.1. The minimum atomic E-state index is -0.172. The van der Waals surface area contributed by atoms with Crippen LogP contribution in [0.5, 0.6) is 0 Å². The van der Waals surface area contributed by atoms with Gasteiger partial charge in [-0.25, -0.2) is 4.79 Å².